The second-order valence-corrected chi connectivity index (χ2v) is 5.31. The molecule has 2 fully saturated rings. The van der Waals surface area contributed by atoms with Crippen LogP contribution >= 0.6 is 0 Å². The minimum atomic E-state index is -4.37. The van der Waals surface area contributed by atoms with Crippen molar-refractivity contribution in [1.82, 2.24) is 10.3 Å². The van der Waals surface area contributed by atoms with Crippen molar-refractivity contribution in [2.45, 2.75) is 12.6 Å². The molecule has 3 nitrogen and oxygen atoms in total. The number of pyridine rings is 1. The van der Waals surface area contributed by atoms with Gasteiger partial charge in [0, 0.05) is 25.0 Å². The zero-order chi connectivity index (χ0) is 13.5. The number of hydrogen-bond donors (Lipinski definition) is 1. The summed E-state index contributed by atoms with van der Waals surface area (Å²) in [6.07, 6.45) is -2.08. The normalized spacial score (nSPS) is 27.4. The highest BCUT2D eigenvalue weighted by atomic mass is 19.4. The fourth-order valence-corrected chi connectivity index (χ4v) is 3.04. The lowest BCUT2D eigenvalue weighted by Gasteiger charge is -2.36. The SMILES string of the molecule is FC(F)(F)c1cc(N2CCC3CNCC3C2)ccn1. The highest BCUT2D eigenvalue weighted by molar-refractivity contribution is 5.47. The maximum atomic E-state index is 12.7. The van der Waals surface area contributed by atoms with Gasteiger partial charge in [-0.25, -0.2) is 0 Å². The molecule has 0 bridgehead atoms. The molecule has 2 aliphatic heterocycles. The third kappa shape index (κ3) is 2.54. The molecule has 104 valence electrons. The van der Waals surface area contributed by atoms with Crippen LogP contribution in [0.5, 0.6) is 0 Å². The lowest BCUT2D eigenvalue weighted by molar-refractivity contribution is -0.141. The molecule has 0 aliphatic carbocycles. The van der Waals surface area contributed by atoms with Crippen LogP contribution in [0.25, 0.3) is 0 Å². The van der Waals surface area contributed by atoms with Crippen molar-refractivity contribution in [3.63, 3.8) is 0 Å². The molecule has 0 radical (unpaired) electrons. The van der Waals surface area contributed by atoms with Crippen LogP contribution in [0, 0.1) is 11.8 Å². The summed E-state index contributed by atoms with van der Waals surface area (Å²) in [6.45, 7) is 3.67. The molecular weight excluding hydrogens is 255 g/mol. The van der Waals surface area contributed by atoms with Gasteiger partial charge in [0.1, 0.15) is 5.69 Å². The Hall–Kier alpha value is -1.30. The summed E-state index contributed by atoms with van der Waals surface area (Å²) >= 11 is 0. The maximum absolute atomic E-state index is 12.7. The van der Waals surface area contributed by atoms with E-state index in [1.54, 1.807) is 6.07 Å². The number of anilines is 1. The van der Waals surface area contributed by atoms with E-state index < -0.39 is 11.9 Å². The van der Waals surface area contributed by atoms with Crippen LogP contribution in [0.3, 0.4) is 0 Å². The topological polar surface area (TPSA) is 28.2 Å². The van der Waals surface area contributed by atoms with E-state index in [0.29, 0.717) is 17.5 Å². The Labute approximate surface area is 109 Å². The number of fused-ring (bicyclic) bond motifs is 1. The molecule has 6 heteroatoms. The largest absolute Gasteiger partial charge is 0.433 e. The Morgan fingerprint density at radius 1 is 1.26 bits per heavy atom. The number of rotatable bonds is 1. The molecule has 3 heterocycles. The standard InChI is InChI=1S/C13H16F3N3/c14-13(15,16)12-5-11(1-3-18-12)19-4-2-9-6-17-7-10(9)8-19/h1,3,5,9-10,17H,2,4,6-8H2. The van der Waals surface area contributed by atoms with Crippen molar-refractivity contribution in [3.05, 3.63) is 24.0 Å². The van der Waals surface area contributed by atoms with Crippen molar-refractivity contribution < 1.29 is 13.2 Å². The summed E-state index contributed by atoms with van der Waals surface area (Å²) in [5.41, 5.74) is -0.177. The van der Waals surface area contributed by atoms with Gasteiger partial charge in [0.05, 0.1) is 0 Å². The third-order valence-electron chi connectivity index (χ3n) is 4.10. The first-order valence-corrected chi connectivity index (χ1v) is 6.53. The first-order chi connectivity index (χ1) is 9.04. The molecule has 1 aromatic rings. The van der Waals surface area contributed by atoms with Gasteiger partial charge in [-0.05, 0) is 43.5 Å². The average molecular weight is 271 g/mol. The lowest BCUT2D eigenvalue weighted by Crippen LogP contribution is -2.40. The van der Waals surface area contributed by atoms with Gasteiger partial charge >= 0.3 is 6.18 Å². The number of piperidine rings is 1. The zero-order valence-corrected chi connectivity index (χ0v) is 10.5. The number of alkyl halides is 3. The summed E-state index contributed by atoms with van der Waals surface area (Å²) in [5, 5.41) is 3.35. The highest BCUT2D eigenvalue weighted by Gasteiger charge is 2.35. The summed E-state index contributed by atoms with van der Waals surface area (Å²) in [4.78, 5) is 5.45. The number of hydrogen-bond acceptors (Lipinski definition) is 3. The van der Waals surface area contributed by atoms with Crippen molar-refractivity contribution >= 4 is 5.69 Å². The quantitative estimate of drug-likeness (QED) is 0.848. The molecule has 3 rings (SSSR count). The van der Waals surface area contributed by atoms with E-state index in [-0.39, 0.29) is 0 Å². The van der Waals surface area contributed by atoms with E-state index in [9.17, 15) is 13.2 Å². The van der Waals surface area contributed by atoms with E-state index in [4.69, 9.17) is 0 Å². The Morgan fingerprint density at radius 3 is 2.84 bits per heavy atom. The lowest BCUT2D eigenvalue weighted by atomic mass is 9.88. The molecule has 2 saturated heterocycles. The van der Waals surface area contributed by atoms with Gasteiger partial charge < -0.3 is 10.2 Å². The van der Waals surface area contributed by atoms with Gasteiger partial charge in [0.25, 0.3) is 0 Å². The summed E-state index contributed by atoms with van der Waals surface area (Å²) < 4.78 is 38.0. The van der Waals surface area contributed by atoms with Gasteiger partial charge in [-0.3, -0.25) is 4.98 Å². The van der Waals surface area contributed by atoms with Crippen LogP contribution in [-0.2, 0) is 6.18 Å². The number of nitrogens with zero attached hydrogens (tertiary/aromatic N) is 2. The number of nitrogens with one attached hydrogen (secondary N) is 1. The second kappa shape index (κ2) is 4.67. The summed E-state index contributed by atoms with van der Waals surface area (Å²) in [5.74, 6) is 1.23. The first-order valence-electron chi connectivity index (χ1n) is 6.53. The number of aromatic nitrogens is 1. The Morgan fingerprint density at radius 2 is 2.05 bits per heavy atom. The minimum absolute atomic E-state index is 0.552. The molecule has 0 spiro atoms. The van der Waals surface area contributed by atoms with Crippen molar-refractivity contribution in [2.24, 2.45) is 11.8 Å². The molecule has 0 saturated carbocycles. The van der Waals surface area contributed by atoms with Crippen LogP contribution in [-0.4, -0.2) is 31.2 Å². The molecule has 0 aromatic carbocycles. The first kappa shape index (κ1) is 12.7. The van der Waals surface area contributed by atoms with Crippen LogP contribution in [0.15, 0.2) is 18.3 Å². The van der Waals surface area contributed by atoms with Crippen LogP contribution < -0.4 is 10.2 Å². The van der Waals surface area contributed by atoms with Gasteiger partial charge in [-0.1, -0.05) is 0 Å². The van der Waals surface area contributed by atoms with Crippen molar-refractivity contribution in [1.29, 1.82) is 0 Å². The monoisotopic (exact) mass is 271 g/mol. The fourth-order valence-electron chi connectivity index (χ4n) is 3.04. The molecule has 1 aromatic heterocycles. The predicted octanol–water partition coefficient (Wildman–Crippen LogP) is 2.15. The zero-order valence-electron chi connectivity index (χ0n) is 10.5. The highest BCUT2D eigenvalue weighted by Crippen LogP contribution is 2.33. The van der Waals surface area contributed by atoms with Gasteiger partial charge in [-0.2, -0.15) is 13.2 Å². The van der Waals surface area contributed by atoms with E-state index in [2.05, 4.69) is 10.3 Å². The molecule has 2 aliphatic rings. The van der Waals surface area contributed by atoms with Gasteiger partial charge in [-0.15, -0.1) is 0 Å². The maximum Gasteiger partial charge on any atom is 0.433 e. The second-order valence-electron chi connectivity index (χ2n) is 5.31. The molecule has 2 atom stereocenters. The Kier molecular flexibility index (Phi) is 3.12. The molecule has 1 N–H and O–H groups in total. The molecule has 0 amide bonds. The van der Waals surface area contributed by atoms with Crippen LogP contribution in [0.2, 0.25) is 0 Å². The Balaban J connectivity index is 1.79. The fraction of sp³-hybridized carbons (Fsp3) is 0.615. The molecule has 19 heavy (non-hydrogen) atoms. The van der Waals surface area contributed by atoms with Crippen molar-refractivity contribution in [3.8, 4) is 0 Å². The van der Waals surface area contributed by atoms with E-state index in [1.165, 1.54) is 6.20 Å². The van der Waals surface area contributed by atoms with E-state index in [0.717, 1.165) is 38.7 Å². The smallest absolute Gasteiger partial charge is 0.371 e. The molecular formula is C13H16F3N3. The summed E-state index contributed by atoms with van der Waals surface area (Å²) in [6, 6.07) is 2.82. The number of halogens is 3. The summed E-state index contributed by atoms with van der Waals surface area (Å²) in [7, 11) is 0. The van der Waals surface area contributed by atoms with Crippen LogP contribution in [0.1, 0.15) is 12.1 Å². The van der Waals surface area contributed by atoms with Crippen LogP contribution in [0.4, 0.5) is 18.9 Å². The van der Waals surface area contributed by atoms with E-state index in [1.807, 2.05) is 4.90 Å². The Bertz CT molecular complexity index is 461. The molecule has 2 unspecified atom stereocenters. The average Bonchev–Trinajstić information content (AvgIpc) is 2.85. The van der Waals surface area contributed by atoms with Gasteiger partial charge in [0.15, 0.2) is 0 Å². The third-order valence-corrected chi connectivity index (χ3v) is 4.10. The van der Waals surface area contributed by atoms with Crippen molar-refractivity contribution in [2.75, 3.05) is 31.1 Å². The van der Waals surface area contributed by atoms with E-state index >= 15 is 0 Å². The minimum Gasteiger partial charge on any atom is -0.371 e. The predicted molar refractivity (Wildman–Crippen MR) is 65.9 cm³/mol. The van der Waals surface area contributed by atoms with Gasteiger partial charge in [0.2, 0.25) is 0 Å².